The van der Waals surface area contributed by atoms with Crippen molar-refractivity contribution in [1.82, 2.24) is 19.4 Å². The van der Waals surface area contributed by atoms with E-state index in [1.807, 2.05) is 26.0 Å². The molecule has 0 aliphatic carbocycles. The lowest BCUT2D eigenvalue weighted by Gasteiger charge is -2.28. The number of hydrogen-bond donors (Lipinski definition) is 4. The number of aryl methyl sites for hydroxylation is 1. The van der Waals surface area contributed by atoms with Gasteiger partial charge in [0.1, 0.15) is 29.8 Å². The Bertz CT molecular complexity index is 2290. The van der Waals surface area contributed by atoms with Gasteiger partial charge in [-0.1, -0.05) is 62.4 Å². The molecule has 0 fully saturated rings. The van der Waals surface area contributed by atoms with Crippen LogP contribution in [0.15, 0.2) is 89.7 Å². The molecule has 320 valence electrons. The molecule has 18 heteroatoms. The van der Waals surface area contributed by atoms with Gasteiger partial charge < -0.3 is 34.8 Å². The third kappa shape index (κ3) is 12.2. The van der Waals surface area contributed by atoms with Gasteiger partial charge in [0, 0.05) is 43.8 Å². The lowest BCUT2D eigenvalue weighted by atomic mass is 10.0. The monoisotopic (exact) mass is 844 g/mol. The number of alkyl halides is 3. The summed E-state index contributed by atoms with van der Waals surface area (Å²) in [7, 11) is 0. The van der Waals surface area contributed by atoms with E-state index in [9.17, 15) is 45.5 Å². The van der Waals surface area contributed by atoms with Crippen molar-refractivity contribution in [2.24, 2.45) is 0 Å². The summed E-state index contributed by atoms with van der Waals surface area (Å²) in [6.45, 7) is 6.54. The van der Waals surface area contributed by atoms with Crippen LogP contribution in [0, 0.1) is 17.5 Å². The fourth-order valence-electron chi connectivity index (χ4n) is 6.16. The van der Waals surface area contributed by atoms with E-state index >= 15 is 0 Å². The molecule has 4 N–H and O–H groups in total. The molecule has 5 aromatic rings. The second-order valence-electron chi connectivity index (χ2n) is 13.5. The number of carbonyl (C=O) groups excluding carboxylic acids is 1. The molecule has 0 aliphatic rings. The number of aliphatic hydroxyl groups excluding tert-OH is 2. The number of fused-ring (bicyclic) bond motifs is 1. The Morgan fingerprint density at radius 3 is 1.82 bits per heavy atom. The van der Waals surface area contributed by atoms with E-state index in [1.54, 1.807) is 45.9 Å². The first-order valence-corrected chi connectivity index (χ1v) is 18.5. The maximum absolute atomic E-state index is 14.5. The number of carbonyl (C=O) groups is 3. The molecule has 1 heterocycles. The molecule has 2 atom stereocenters. The number of aliphatic carboxylic acids is 2. The number of benzene rings is 4. The lowest BCUT2D eigenvalue weighted by molar-refractivity contribution is -0.165. The number of amides is 1. The topological polar surface area (TPSA) is 174 Å². The summed E-state index contributed by atoms with van der Waals surface area (Å²) in [4.78, 5) is 54.7. The summed E-state index contributed by atoms with van der Waals surface area (Å²) in [5.74, 6) is -6.84. The second-order valence-corrected chi connectivity index (χ2v) is 13.5. The molecular weight excluding hydrogens is 802 g/mol. The smallest absolute Gasteiger partial charge is 0.416 e. The van der Waals surface area contributed by atoms with E-state index in [2.05, 4.69) is 9.88 Å². The van der Waals surface area contributed by atoms with E-state index in [0.29, 0.717) is 41.9 Å². The van der Waals surface area contributed by atoms with Gasteiger partial charge in [-0.25, -0.2) is 22.8 Å². The highest BCUT2D eigenvalue weighted by Crippen LogP contribution is 2.31. The summed E-state index contributed by atoms with van der Waals surface area (Å²) in [6, 6.07) is 19.9. The molecule has 0 saturated heterocycles. The van der Waals surface area contributed by atoms with E-state index < -0.39 is 58.9 Å². The van der Waals surface area contributed by atoms with Crippen LogP contribution >= 0.6 is 0 Å². The highest BCUT2D eigenvalue weighted by atomic mass is 19.4. The largest absolute Gasteiger partial charge is 0.479 e. The Hall–Kier alpha value is -6.11. The molecule has 0 bridgehead atoms. The van der Waals surface area contributed by atoms with Crippen LogP contribution < -0.4 is 5.56 Å². The molecule has 0 aliphatic heterocycles. The van der Waals surface area contributed by atoms with Crippen molar-refractivity contribution < 1.29 is 61.2 Å². The number of aliphatic hydroxyl groups is 2. The van der Waals surface area contributed by atoms with Gasteiger partial charge in [0.2, 0.25) is 5.91 Å². The first-order valence-electron chi connectivity index (χ1n) is 18.5. The van der Waals surface area contributed by atoms with Crippen molar-refractivity contribution in [1.29, 1.82) is 0 Å². The van der Waals surface area contributed by atoms with E-state index in [1.165, 1.54) is 12.1 Å². The number of likely N-dealkylation sites (N-methyl/N-ethyl adjacent to an activating group) is 1. The van der Waals surface area contributed by atoms with Crippen molar-refractivity contribution in [3.8, 4) is 11.1 Å². The van der Waals surface area contributed by atoms with Crippen LogP contribution in [0.5, 0.6) is 0 Å². The Labute approximate surface area is 339 Å². The number of rotatable bonds is 16. The molecule has 60 heavy (non-hydrogen) atoms. The van der Waals surface area contributed by atoms with Gasteiger partial charge in [-0.15, -0.1) is 0 Å². The van der Waals surface area contributed by atoms with Crippen LogP contribution in [-0.4, -0.2) is 96.0 Å². The maximum Gasteiger partial charge on any atom is 0.416 e. The van der Waals surface area contributed by atoms with Gasteiger partial charge in [-0.3, -0.25) is 9.59 Å². The van der Waals surface area contributed by atoms with E-state index in [0.717, 1.165) is 30.8 Å². The van der Waals surface area contributed by atoms with E-state index in [4.69, 9.17) is 20.4 Å². The van der Waals surface area contributed by atoms with Gasteiger partial charge in [0.15, 0.2) is 12.2 Å². The first-order chi connectivity index (χ1) is 28.3. The number of hydrogen-bond acceptors (Lipinski definition) is 8. The third-order valence-corrected chi connectivity index (χ3v) is 9.58. The third-order valence-electron chi connectivity index (χ3n) is 9.58. The lowest BCUT2D eigenvalue weighted by Crippen LogP contribution is -2.40. The number of halogens is 6. The highest BCUT2D eigenvalue weighted by Gasteiger charge is 2.30. The zero-order chi connectivity index (χ0) is 44.3. The van der Waals surface area contributed by atoms with Crippen molar-refractivity contribution in [3.05, 3.63) is 135 Å². The fraction of sp³-hybridized carbons (Fsp3) is 0.310. The molecule has 0 radical (unpaired) electrons. The van der Waals surface area contributed by atoms with Crippen molar-refractivity contribution in [2.45, 2.75) is 58.2 Å². The zero-order valence-electron chi connectivity index (χ0n) is 32.4. The Kier molecular flexibility index (Phi) is 16.1. The van der Waals surface area contributed by atoms with Gasteiger partial charge in [-0.05, 0) is 60.5 Å². The zero-order valence-corrected chi connectivity index (χ0v) is 32.4. The quantitative estimate of drug-likeness (QED) is 0.0926. The Morgan fingerprint density at radius 2 is 1.30 bits per heavy atom. The molecule has 0 unspecified atom stereocenters. The normalized spacial score (nSPS) is 12.4. The minimum absolute atomic E-state index is 0.0995. The number of carboxylic acids is 2. The summed E-state index contributed by atoms with van der Waals surface area (Å²) in [6.07, 6.45) is -9.29. The standard InChI is InChI=1S/C38H36F6N4O2.C4H6O6/c1-3-46(4-2)19-20-47(23-25-9-11-26(12-10-25)27-13-15-28(16-14-27)38(42,43)44)36(49)24-48-34-8-6-5-7-31(34)37(50)45-35(48)18-17-30-32(40)21-29(39)22-33(30)41;5-1(3(7)8)2(6)4(9)10/h5-16,21-22H,3-4,17-20,23-24H2,1-2H3;1-2,5-6H,(H,7,8)(H,9,10)/t;1-,2-/m.1/s1. The summed E-state index contributed by atoms with van der Waals surface area (Å²) >= 11 is 0. The van der Waals surface area contributed by atoms with Crippen LogP contribution in [0.4, 0.5) is 26.3 Å². The maximum atomic E-state index is 14.5. The predicted molar refractivity (Wildman–Crippen MR) is 207 cm³/mol. The molecule has 5 rings (SSSR count). The van der Waals surface area contributed by atoms with Crippen molar-refractivity contribution >= 4 is 28.7 Å². The molecule has 0 saturated carbocycles. The number of aromatic nitrogens is 2. The Morgan fingerprint density at radius 1 is 0.767 bits per heavy atom. The fourth-order valence-corrected chi connectivity index (χ4v) is 6.16. The minimum Gasteiger partial charge on any atom is -0.479 e. The van der Waals surface area contributed by atoms with E-state index in [-0.39, 0.29) is 48.6 Å². The molecule has 4 aromatic carbocycles. The summed E-state index contributed by atoms with van der Waals surface area (Å²) in [5.41, 5.74) is 0.916. The second kappa shape index (κ2) is 20.7. The Balaban J connectivity index is 0.000000703. The minimum atomic E-state index is -4.43. The molecule has 12 nitrogen and oxygen atoms in total. The van der Waals surface area contributed by atoms with Crippen molar-refractivity contribution in [2.75, 3.05) is 26.2 Å². The van der Waals surface area contributed by atoms with Crippen LogP contribution in [0.25, 0.3) is 22.0 Å². The molecular formula is C42H42F6N4O8. The summed E-state index contributed by atoms with van der Waals surface area (Å²) in [5, 5.41) is 32.8. The molecule has 1 amide bonds. The number of nitrogens with zero attached hydrogens (tertiary/aromatic N) is 4. The van der Waals surface area contributed by atoms with Crippen LogP contribution in [-0.2, 0) is 46.5 Å². The highest BCUT2D eigenvalue weighted by molar-refractivity contribution is 5.83. The summed E-state index contributed by atoms with van der Waals surface area (Å²) < 4.78 is 83.2. The molecule has 0 spiro atoms. The average Bonchev–Trinajstić information content (AvgIpc) is 3.21. The van der Waals surface area contributed by atoms with Crippen molar-refractivity contribution in [3.63, 3.8) is 0 Å². The average molecular weight is 845 g/mol. The van der Waals surface area contributed by atoms with Crippen LogP contribution in [0.2, 0.25) is 0 Å². The van der Waals surface area contributed by atoms with Crippen LogP contribution in [0.3, 0.4) is 0 Å². The van der Waals surface area contributed by atoms with Crippen LogP contribution in [0.1, 0.15) is 36.4 Å². The predicted octanol–water partition coefficient (Wildman–Crippen LogP) is 5.53. The number of para-hydroxylation sites is 1. The van der Waals surface area contributed by atoms with Gasteiger partial charge in [0.05, 0.1) is 16.5 Å². The van der Waals surface area contributed by atoms with Gasteiger partial charge in [0.25, 0.3) is 5.56 Å². The van der Waals surface area contributed by atoms with Gasteiger partial charge >= 0.3 is 18.1 Å². The molecule has 1 aromatic heterocycles. The first kappa shape index (κ1) is 46.6. The number of carboxylic acid groups (broad SMARTS) is 2. The van der Waals surface area contributed by atoms with Gasteiger partial charge in [-0.2, -0.15) is 18.2 Å². The SMILES string of the molecule is CCN(CC)CCN(Cc1ccc(-c2ccc(C(F)(F)F)cc2)cc1)C(=O)Cn1c(CCc2c(F)cc(F)cc2F)nc(=O)c2ccccc21.O=C(O)[C@H](O)[C@@H](O)C(=O)O.